The van der Waals surface area contributed by atoms with Gasteiger partial charge in [0.25, 0.3) is 0 Å². The molecule has 0 spiro atoms. The SMILES string of the molecule is C[NH+](Cc1ccc(N2CCCCC2)cc1)Cn1c(=O)oc2ccccc21. The lowest BCUT2D eigenvalue weighted by Crippen LogP contribution is -3.07. The van der Waals surface area contributed by atoms with E-state index in [9.17, 15) is 4.79 Å². The Bertz CT molecular complexity index is 920. The summed E-state index contributed by atoms with van der Waals surface area (Å²) in [7, 11) is 2.10. The molecule has 1 aliphatic rings. The molecular formula is C21H26N3O2+. The number of rotatable bonds is 5. The average molecular weight is 352 g/mol. The lowest BCUT2D eigenvalue weighted by Gasteiger charge is -2.29. The van der Waals surface area contributed by atoms with E-state index < -0.39 is 0 Å². The summed E-state index contributed by atoms with van der Waals surface area (Å²) < 4.78 is 7.04. The summed E-state index contributed by atoms with van der Waals surface area (Å²) >= 11 is 0. The quantitative estimate of drug-likeness (QED) is 0.766. The summed E-state index contributed by atoms with van der Waals surface area (Å²) in [6.45, 7) is 3.79. The van der Waals surface area contributed by atoms with Crippen LogP contribution in [0.15, 0.2) is 57.7 Å². The third kappa shape index (κ3) is 3.53. The van der Waals surface area contributed by atoms with Crippen LogP contribution in [0, 0.1) is 0 Å². The van der Waals surface area contributed by atoms with Gasteiger partial charge in [0.2, 0.25) is 0 Å². The van der Waals surface area contributed by atoms with E-state index >= 15 is 0 Å². The fourth-order valence-corrected chi connectivity index (χ4v) is 3.81. The summed E-state index contributed by atoms with van der Waals surface area (Å²) in [5.41, 5.74) is 4.11. The number of aromatic nitrogens is 1. The monoisotopic (exact) mass is 352 g/mol. The summed E-state index contributed by atoms with van der Waals surface area (Å²) in [5.74, 6) is -0.286. The summed E-state index contributed by atoms with van der Waals surface area (Å²) in [4.78, 5) is 15.8. The first-order valence-electron chi connectivity index (χ1n) is 9.44. The van der Waals surface area contributed by atoms with Crippen molar-refractivity contribution in [1.29, 1.82) is 0 Å². The number of piperidine rings is 1. The molecule has 0 bridgehead atoms. The van der Waals surface area contributed by atoms with Crippen molar-refractivity contribution >= 4 is 16.8 Å². The maximum absolute atomic E-state index is 12.1. The average Bonchev–Trinajstić information content (AvgIpc) is 2.98. The molecule has 1 unspecified atom stereocenters. The molecule has 2 heterocycles. The van der Waals surface area contributed by atoms with Crippen molar-refractivity contribution in [3.63, 3.8) is 0 Å². The Morgan fingerprint density at radius 3 is 2.50 bits per heavy atom. The van der Waals surface area contributed by atoms with Gasteiger partial charge in [0.1, 0.15) is 6.54 Å². The van der Waals surface area contributed by atoms with Gasteiger partial charge in [-0.15, -0.1) is 0 Å². The van der Waals surface area contributed by atoms with Gasteiger partial charge in [-0.1, -0.05) is 24.3 Å². The van der Waals surface area contributed by atoms with Gasteiger partial charge in [-0.25, -0.2) is 9.36 Å². The molecule has 5 nitrogen and oxygen atoms in total. The second kappa shape index (κ2) is 7.38. The summed E-state index contributed by atoms with van der Waals surface area (Å²) in [6, 6.07) is 16.5. The highest BCUT2D eigenvalue weighted by molar-refractivity contribution is 5.72. The molecule has 3 aromatic rings. The zero-order valence-electron chi connectivity index (χ0n) is 15.3. The van der Waals surface area contributed by atoms with Gasteiger partial charge in [-0.2, -0.15) is 0 Å². The van der Waals surface area contributed by atoms with Crippen molar-refractivity contribution in [3.8, 4) is 0 Å². The number of nitrogens with zero attached hydrogens (tertiary/aromatic N) is 2. The molecule has 1 aliphatic heterocycles. The zero-order chi connectivity index (χ0) is 17.9. The lowest BCUT2D eigenvalue weighted by atomic mass is 10.1. The third-order valence-corrected chi connectivity index (χ3v) is 5.17. The van der Waals surface area contributed by atoms with Crippen molar-refractivity contribution < 1.29 is 9.32 Å². The number of benzene rings is 2. The molecule has 136 valence electrons. The van der Waals surface area contributed by atoms with Crippen molar-refractivity contribution in [2.24, 2.45) is 0 Å². The maximum Gasteiger partial charge on any atom is 0.424 e. The van der Waals surface area contributed by atoms with Gasteiger partial charge in [-0.05, 0) is 43.5 Å². The number of nitrogens with one attached hydrogen (secondary N) is 1. The first kappa shape index (κ1) is 16.9. The standard InChI is InChI=1S/C21H25N3O2/c1-22(16-24-19-7-3-4-8-20(19)26-21(24)25)15-17-9-11-18(12-10-17)23-13-5-2-6-14-23/h3-4,7-12H,2,5-6,13-16H2,1H3/p+1. The van der Waals surface area contributed by atoms with Gasteiger partial charge in [0.15, 0.2) is 12.3 Å². The molecule has 4 rings (SSSR count). The molecule has 0 saturated carbocycles. The van der Waals surface area contributed by atoms with Crippen LogP contribution in [-0.4, -0.2) is 24.7 Å². The topological polar surface area (TPSA) is 42.8 Å². The molecule has 0 aliphatic carbocycles. The molecule has 26 heavy (non-hydrogen) atoms. The first-order chi connectivity index (χ1) is 12.7. The van der Waals surface area contributed by atoms with E-state index in [0.717, 1.165) is 12.1 Å². The number of quaternary nitrogens is 1. The van der Waals surface area contributed by atoms with E-state index in [-0.39, 0.29) is 5.76 Å². The van der Waals surface area contributed by atoms with Crippen LogP contribution < -0.4 is 15.6 Å². The highest BCUT2D eigenvalue weighted by Gasteiger charge is 2.14. The van der Waals surface area contributed by atoms with Gasteiger partial charge in [-0.3, -0.25) is 0 Å². The summed E-state index contributed by atoms with van der Waals surface area (Å²) in [6.07, 6.45) is 3.94. The second-order valence-electron chi connectivity index (χ2n) is 7.27. The minimum atomic E-state index is -0.286. The van der Waals surface area contributed by atoms with Crippen molar-refractivity contribution in [1.82, 2.24) is 4.57 Å². The van der Waals surface area contributed by atoms with Gasteiger partial charge in [0, 0.05) is 24.3 Å². The predicted octanol–water partition coefficient (Wildman–Crippen LogP) is 2.26. The van der Waals surface area contributed by atoms with E-state index in [0.29, 0.717) is 12.3 Å². The molecule has 1 saturated heterocycles. The molecular weight excluding hydrogens is 326 g/mol. The van der Waals surface area contributed by atoms with Crippen LogP contribution >= 0.6 is 0 Å². The minimum absolute atomic E-state index is 0.286. The van der Waals surface area contributed by atoms with E-state index in [1.54, 1.807) is 4.57 Å². The minimum Gasteiger partial charge on any atom is -0.408 e. The Morgan fingerprint density at radius 1 is 1.00 bits per heavy atom. The van der Waals surface area contributed by atoms with Gasteiger partial charge < -0.3 is 14.2 Å². The Kier molecular flexibility index (Phi) is 4.80. The Hall–Kier alpha value is -2.53. The smallest absolute Gasteiger partial charge is 0.408 e. The molecule has 1 aromatic heterocycles. The predicted molar refractivity (Wildman–Crippen MR) is 104 cm³/mol. The molecule has 0 amide bonds. The zero-order valence-corrected chi connectivity index (χ0v) is 15.3. The molecule has 0 radical (unpaired) electrons. The van der Waals surface area contributed by atoms with E-state index in [4.69, 9.17) is 4.42 Å². The van der Waals surface area contributed by atoms with Crippen LogP contribution in [0.4, 0.5) is 5.69 Å². The third-order valence-electron chi connectivity index (χ3n) is 5.17. The molecule has 1 fully saturated rings. The van der Waals surface area contributed by atoms with E-state index in [2.05, 4.69) is 36.2 Å². The van der Waals surface area contributed by atoms with Crippen LogP contribution in [0.5, 0.6) is 0 Å². The molecule has 1 atom stereocenters. The Labute approximate surface area is 153 Å². The lowest BCUT2D eigenvalue weighted by molar-refractivity contribution is -0.916. The number of anilines is 1. The fourth-order valence-electron chi connectivity index (χ4n) is 3.81. The fraction of sp³-hybridized carbons (Fsp3) is 0.381. The van der Waals surface area contributed by atoms with Crippen LogP contribution in [0.2, 0.25) is 0 Å². The highest BCUT2D eigenvalue weighted by Crippen LogP contribution is 2.20. The van der Waals surface area contributed by atoms with Crippen LogP contribution in [-0.2, 0) is 13.2 Å². The second-order valence-corrected chi connectivity index (χ2v) is 7.27. The van der Waals surface area contributed by atoms with Crippen molar-refractivity contribution in [2.75, 3.05) is 25.0 Å². The van der Waals surface area contributed by atoms with E-state index in [1.807, 2.05) is 24.3 Å². The number of hydrogen-bond acceptors (Lipinski definition) is 3. The molecule has 5 heteroatoms. The number of fused-ring (bicyclic) bond motifs is 1. The van der Waals surface area contributed by atoms with Crippen LogP contribution in [0.25, 0.3) is 11.1 Å². The number of para-hydroxylation sites is 2. The van der Waals surface area contributed by atoms with Crippen molar-refractivity contribution in [3.05, 3.63) is 64.6 Å². The molecule has 1 N–H and O–H groups in total. The van der Waals surface area contributed by atoms with E-state index in [1.165, 1.54) is 48.5 Å². The number of oxazole rings is 1. The van der Waals surface area contributed by atoms with Gasteiger partial charge in [0.05, 0.1) is 12.6 Å². The Balaban J connectivity index is 1.43. The Morgan fingerprint density at radius 2 is 1.73 bits per heavy atom. The first-order valence-corrected chi connectivity index (χ1v) is 9.44. The number of hydrogen-bond donors (Lipinski definition) is 1. The highest BCUT2D eigenvalue weighted by atomic mass is 16.4. The molecule has 2 aromatic carbocycles. The van der Waals surface area contributed by atoms with Crippen LogP contribution in [0.1, 0.15) is 24.8 Å². The maximum atomic E-state index is 12.1. The largest absolute Gasteiger partial charge is 0.424 e. The van der Waals surface area contributed by atoms with Crippen molar-refractivity contribution in [2.45, 2.75) is 32.5 Å². The summed E-state index contributed by atoms with van der Waals surface area (Å²) in [5, 5.41) is 0. The van der Waals surface area contributed by atoms with Gasteiger partial charge >= 0.3 is 5.76 Å². The van der Waals surface area contributed by atoms with Crippen LogP contribution in [0.3, 0.4) is 0 Å². The normalized spacial score (nSPS) is 16.1.